The Labute approximate surface area is 176 Å². The normalized spacial score (nSPS) is 10.6. The number of hydrogen-bond donors (Lipinski definition) is 0. The van der Waals surface area contributed by atoms with E-state index in [0.29, 0.717) is 22.8 Å². The quantitative estimate of drug-likeness (QED) is 0.447. The van der Waals surface area contributed by atoms with Crippen molar-refractivity contribution in [3.8, 4) is 39.7 Å². The van der Waals surface area contributed by atoms with Crippen molar-refractivity contribution in [1.29, 1.82) is 0 Å². The summed E-state index contributed by atoms with van der Waals surface area (Å²) in [6.07, 6.45) is 0. The lowest BCUT2D eigenvalue weighted by atomic mass is 10.0. The van der Waals surface area contributed by atoms with Crippen LogP contribution in [0, 0.1) is 6.92 Å². The molecule has 1 aromatic heterocycles. The van der Waals surface area contributed by atoms with E-state index in [1.54, 1.807) is 20.3 Å². The van der Waals surface area contributed by atoms with Gasteiger partial charge in [-0.1, -0.05) is 54.6 Å². The molecule has 0 saturated heterocycles. The van der Waals surface area contributed by atoms with Crippen molar-refractivity contribution in [2.75, 3.05) is 14.2 Å². The van der Waals surface area contributed by atoms with E-state index in [2.05, 4.69) is 4.57 Å². The van der Waals surface area contributed by atoms with E-state index in [1.165, 1.54) is 0 Å². The van der Waals surface area contributed by atoms with Crippen molar-refractivity contribution >= 4 is 0 Å². The van der Waals surface area contributed by atoms with Crippen molar-refractivity contribution in [3.05, 3.63) is 101 Å². The van der Waals surface area contributed by atoms with Gasteiger partial charge in [-0.15, -0.1) is 0 Å². The van der Waals surface area contributed by atoms with Gasteiger partial charge >= 0.3 is 0 Å². The first-order valence-electron chi connectivity index (χ1n) is 9.74. The minimum Gasteiger partial charge on any atom is -0.496 e. The van der Waals surface area contributed by atoms with Crippen LogP contribution in [-0.4, -0.2) is 18.8 Å². The first kappa shape index (κ1) is 19.5. The zero-order chi connectivity index (χ0) is 21.1. The molecular formula is C26H23NO3. The standard InChI is InChI=1S/C26H23NO3/c1-18-22(28)17-21(25-23(29-2)15-10-16-24(25)30-3)27(20-13-8-5-9-14-20)26(18)19-11-6-4-7-12-19/h4-17H,1-3H3. The van der Waals surface area contributed by atoms with Crippen LogP contribution in [0.25, 0.3) is 28.2 Å². The molecule has 0 unspecified atom stereocenters. The number of pyridine rings is 1. The Balaban J connectivity index is 2.19. The topological polar surface area (TPSA) is 40.5 Å². The monoisotopic (exact) mass is 397 g/mol. The van der Waals surface area contributed by atoms with Crippen LogP contribution in [0.1, 0.15) is 5.56 Å². The number of rotatable bonds is 5. The van der Waals surface area contributed by atoms with Crippen LogP contribution in [0.3, 0.4) is 0 Å². The molecule has 0 spiro atoms. The van der Waals surface area contributed by atoms with Crippen molar-refractivity contribution in [2.45, 2.75) is 6.92 Å². The fourth-order valence-corrected chi connectivity index (χ4v) is 3.78. The van der Waals surface area contributed by atoms with Gasteiger partial charge in [0, 0.05) is 17.3 Å². The predicted octanol–water partition coefficient (Wildman–Crippen LogP) is 5.50. The predicted molar refractivity (Wildman–Crippen MR) is 121 cm³/mol. The lowest BCUT2D eigenvalue weighted by molar-refractivity contribution is 0.397. The van der Waals surface area contributed by atoms with Gasteiger partial charge in [-0.2, -0.15) is 0 Å². The van der Waals surface area contributed by atoms with E-state index >= 15 is 0 Å². The Hall–Kier alpha value is -3.79. The zero-order valence-electron chi connectivity index (χ0n) is 17.3. The zero-order valence-corrected chi connectivity index (χ0v) is 17.3. The SMILES string of the molecule is COc1cccc(OC)c1-c1cc(=O)c(C)c(-c2ccccc2)n1-c1ccccc1. The second-order valence-corrected chi connectivity index (χ2v) is 6.94. The third-order valence-corrected chi connectivity index (χ3v) is 5.20. The number of nitrogens with zero attached hydrogens (tertiary/aromatic N) is 1. The Morgan fingerprint density at radius 2 is 1.30 bits per heavy atom. The van der Waals surface area contributed by atoms with E-state index < -0.39 is 0 Å². The first-order valence-corrected chi connectivity index (χ1v) is 9.74. The van der Waals surface area contributed by atoms with Crippen molar-refractivity contribution in [3.63, 3.8) is 0 Å². The molecule has 4 heteroatoms. The summed E-state index contributed by atoms with van der Waals surface area (Å²) in [5.41, 5.74) is 4.85. The van der Waals surface area contributed by atoms with Gasteiger partial charge in [0.15, 0.2) is 5.43 Å². The Morgan fingerprint density at radius 1 is 0.733 bits per heavy atom. The van der Waals surface area contributed by atoms with E-state index in [-0.39, 0.29) is 5.43 Å². The number of ether oxygens (including phenoxy) is 2. The van der Waals surface area contributed by atoms with Crippen LogP contribution in [-0.2, 0) is 0 Å². The molecule has 0 fully saturated rings. The molecule has 0 radical (unpaired) electrons. The van der Waals surface area contributed by atoms with Crippen LogP contribution in [0.2, 0.25) is 0 Å². The Kier molecular flexibility index (Phi) is 5.40. The average molecular weight is 397 g/mol. The fourth-order valence-electron chi connectivity index (χ4n) is 3.78. The molecule has 0 saturated carbocycles. The largest absolute Gasteiger partial charge is 0.496 e. The summed E-state index contributed by atoms with van der Waals surface area (Å²) in [6.45, 7) is 1.87. The molecule has 4 aromatic rings. The highest BCUT2D eigenvalue weighted by Gasteiger charge is 2.22. The molecule has 0 amide bonds. The molecule has 0 bridgehead atoms. The molecule has 3 aromatic carbocycles. The number of methoxy groups -OCH3 is 2. The summed E-state index contributed by atoms with van der Waals surface area (Å²) in [6, 6.07) is 27.3. The third-order valence-electron chi connectivity index (χ3n) is 5.20. The molecular weight excluding hydrogens is 374 g/mol. The number of aromatic nitrogens is 1. The highest BCUT2D eigenvalue weighted by Crippen LogP contribution is 2.41. The summed E-state index contributed by atoms with van der Waals surface area (Å²) in [5, 5.41) is 0. The third kappa shape index (κ3) is 3.37. The van der Waals surface area contributed by atoms with Gasteiger partial charge in [-0.05, 0) is 36.8 Å². The van der Waals surface area contributed by atoms with E-state index in [1.807, 2.05) is 85.8 Å². The lowest BCUT2D eigenvalue weighted by Crippen LogP contribution is -2.16. The summed E-state index contributed by atoms with van der Waals surface area (Å²) in [7, 11) is 3.24. The summed E-state index contributed by atoms with van der Waals surface area (Å²) in [4.78, 5) is 13.1. The maximum Gasteiger partial charge on any atom is 0.185 e. The lowest BCUT2D eigenvalue weighted by Gasteiger charge is -2.23. The minimum atomic E-state index is -0.0380. The van der Waals surface area contributed by atoms with Crippen LogP contribution in [0.15, 0.2) is 89.7 Å². The van der Waals surface area contributed by atoms with Gasteiger partial charge in [-0.25, -0.2) is 0 Å². The second-order valence-electron chi connectivity index (χ2n) is 6.94. The summed E-state index contributed by atoms with van der Waals surface area (Å²) in [5.74, 6) is 1.28. The molecule has 4 rings (SSSR count). The van der Waals surface area contributed by atoms with Gasteiger partial charge in [0.25, 0.3) is 0 Å². The molecule has 0 aliphatic heterocycles. The van der Waals surface area contributed by atoms with Crippen LogP contribution >= 0.6 is 0 Å². The number of hydrogen-bond acceptors (Lipinski definition) is 3. The van der Waals surface area contributed by atoms with E-state index in [0.717, 1.165) is 22.5 Å². The Morgan fingerprint density at radius 3 is 1.87 bits per heavy atom. The van der Waals surface area contributed by atoms with E-state index in [9.17, 15) is 4.79 Å². The molecule has 0 aliphatic rings. The molecule has 30 heavy (non-hydrogen) atoms. The van der Waals surface area contributed by atoms with Crippen LogP contribution < -0.4 is 14.9 Å². The second kappa shape index (κ2) is 8.29. The highest BCUT2D eigenvalue weighted by atomic mass is 16.5. The molecule has 0 atom stereocenters. The molecule has 0 N–H and O–H groups in total. The van der Waals surface area contributed by atoms with Gasteiger partial charge in [0.1, 0.15) is 11.5 Å². The smallest absolute Gasteiger partial charge is 0.185 e. The summed E-state index contributed by atoms with van der Waals surface area (Å²) >= 11 is 0. The van der Waals surface area contributed by atoms with Crippen LogP contribution in [0.5, 0.6) is 11.5 Å². The maximum atomic E-state index is 13.1. The summed E-state index contributed by atoms with van der Waals surface area (Å²) < 4.78 is 13.4. The van der Waals surface area contributed by atoms with Gasteiger partial charge in [0.05, 0.1) is 31.2 Å². The molecule has 150 valence electrons. The Bertz CT molecular complexity index is 1210. The van der Waals surface area contributed by atoms with E-state index in [4.69, 9.17) is 9.47 Å². The fraction of sp³-hybridized carbons (Fsp3) is 0.115. The van der Waals surface area contributed by atoms with Crippen molar-refractivity contribution < 1.29 is 9.47 Å². The molecule has 1 heterocycles. The number of para-hydroxylation sites is 1. The van der Waals surface area contributed by atoms with Gasteiger partial charge < -0.3 is 14.0 Å². The molecule has 0 aliphatic carbocycles. The molecule has 4 nitrogen and oxygen atoms in total. The van der Waals surface area contributed by atoms with Crippen molar-refractivity contribution in [1.82, 2.24) is 4.57 Å². The number of benzene rings is 3. The van der Waals surface area contributed by atoms with Crippen molar-refractivity contribution in [2.24, 2.45) is 0 Å². The average Bonchev–Trinajstić information content (AvgIpc) is 2.81. The van der Waals surface area contributed by atoms with Gasteiger partial charge in [0.2, 0.25) is 0 Å². The first-order chi connectivity index (χ1) is 14.7. The highest BCUT2D eigenvalue weighted by molar-refractivity contribution is 5.80. The van der Waals surface area contributed by atoms with Crippen LogP contribution in [0.4, 0.5) is 0 Å². The maximum absolute atomic E-state index is 13.1. The minimum absolute atomic E-state index is 0.0380. The van der Waals surface area contributed by atoms with Gasteiger partial charge in [-0.3, -0.25) is 4.79 Å².